The lowest BCUT2D eigenvalue weighted by molar-refractivity contribution is 0.830. The third-order valence-corrected chi connectivity index (χ3v) is 2.42. The van der Waals surface area contributed by atoms with E-state index in [0.29, 0.717) is 0 Å². The molecule has 1 aromatic heterocycles. The molecule has 4 heteroatoms. The molecule has 1 radical (unpaired) electrons. The molecular weight excluding hydrogens is 176 g/mol. The van der Waals surface area contributed by atoms with Gasteiger partial charge in [0, 0.05) is 11.7 Å². The van der Waals surface area contributed by atoms with E-state index in [0.717, 1.165) is 22.9 Å². The van der Waals surface area contributed by atoms with Gasteiger partial charge >= 0.3 is 0 Å². The summed E-state index contributed by atoms with van der Waals surface area (Å²) in [4.78, 5) is 0. The van der Waals surface area contributed by atoms with Crippen LogP contribution in [0.1, 0.15) is 16.4 Å². The molecule has 1 unspecified atom stereocenters. The number of rotatable bonds is 3. The first kappa shape index (κ1) is 9.00. The molecule has 11 heavy (non-hydrogen) atoms. The molecule has 0 N–H and O–H groups in total. The van der Waals surface area contributed by atoms with Crippen molar-refractivity contribution >= 4 is 24.0 Å². The van der Waals surface area contributed by atoms with Crippen LogP contribution < -0.4 is 0 Å². The first-order valence-corrected chi connectivity index (χ1v) is 4.82. The summed E-state index contributed by atoms with van der Waals surface area (Å²) in [6, 6.07) is 0. The highest BCUT2D eigenvalue weighted by Crippen LogP contribution is 2.12. The molecule has 0 saturated carbocycles. The van der Waals surface area contributed by atoms with Gasteiger partial charge in [0.05, 0.1) is 0 Å². The average Bonchev–Trinajstić information content (AvgIpc) is 2.31. The molecule has 2 nitrogen and oxygen atoms in total. The molecule has 1 rings (SSSR count). The van der Waals surface area contributed by atoms with Crippen molar-refractivity contribution in [1.82, 2.24) is 10.2 Å². The summed E-state index contributed by atoms with van der Waals surface area (Å²) in [7, 11) is 0. The molecule has 61 valence electrons. The Morgan fingerprint density at radius 1 is 1.64 bits per heavy atom. The Morgan fingerprint density at radius 3 is 2.82 bits per heavy atom. The van der Waals surface area contributed by atoms with Gasteiger partial charge in [-0.15, -0.1) is 21.5 Å². The fourth-order valence-electron chi connectivity index (χ4n) is 0.729. The summed E-state index contributed by atoms with van der Waals surface area (Å²) in [6.07, 6.45) is 1.92. The van der Waals surface area contributed by atoms with E-state index >= 15 is 0 Å². The SMILES string of the molecule is [CH2]C(S)CCc1nnc(C)s1. The monoisotopic (exact) mass is 187 g/mol. The van der Waals surface area contributed by atoms with Crippen molar-refractivity contribution in [3.8, 4) is 0 Å². The summed E-state index contributed by atoms with van der Waals surface area (Å²) in [5, 5.41) is 10.2. The van der Waals surface area contributed by atoms with E-state index in [1.165, 1.54) is 0 Å². The van der Waals surface area contributed by atoms with Gasteiger partial charge in [0.25, 0.3) is 0 Å². The molecule has 0 aliphatic carbocycles. The summed E-state index contributed by atoms with van der Waals surface area (Å²) < 4.78 is 0. The Morgan fingerprint density at radius 2 is 2.36 bits per heavy atom. The van der Waals surface area contributed by atoms with Crippen LogP contribution in [0.15, 0.2) is 0 Å². The van der Waals surface area contributed by atoms with E-state index < -0.39 is 0 Å². The topological polar surface area (TPSA) is 25.8 Å². The van der Waals surface area contributed by atoms with Crippen molar-refractivity contribution in [2.24, 2.45) is 0 Å². The first-order valence-electron chi connectivity index (χ1n) is 3.48. The number of aromatic nitrogens is 2. The maximum atomic E-state index is 4.18. The standard InChI is InChI=1S/C7H11N2S2/c1-5(10)3-4-7-9-8-6(2)11-7/h5,10H,1,3-4H2,2H3. The van der Waals surface area contributed by atoms with E-state index in [-0.39, 0.29) is 5.25 Å². The van der Waals surface area contributed by atoms with Gasteiger partial charge in [-0.1, -0.05) is 0 Å². The molecule has 1 aromatic rings. The first-order chi connectivity index (χ1) is 5.18. The fourth-order valence-corrected chi connectivity index (χ4v) is 1.58. The van der Waals surface area contributed by atoms with Crippen molar-refractivity contribution in [3.05, 3.63) is 16.9 Å². The normalized spacial score (nSPS) is 13.4. The van der Waals surface area contributed by atoms with Gasteiger partial charge in [-0.3, -0.25) is 0 Å². The van der Waals surface area contributed by atoms with E-state index in [9.17, 15) is 0 Å². The van der Waals surface area contributed by atoms with E-state index in [2.05, 4.69) is 29.7 Å². The number of hydrogen-bond donors (Lipinski definition) is 1. The number of thiol groups is 1. The van der Waals surface area contributed by atoms with Crippen molar-refractivity contribution in [1.29, 1.82) is 0 Å². The van der Waals surface area contributed by atoms with E-state index in [1.807, 2.05) is 6.92 Å². The van der Waals surface area contributed by atoms with Gasteiger partial charge in [-0.2, -0.15) is 12.6 Å². The van der Waals surface area contributed by atoms with Gasteiger partial charge < -0.3 is 0 Å². The van der Waals surface area contributed by atoms with Crippen LogP contribution in [0.5, 0.6) is 0 Å². The second-order valence-corrected chi connectivity index (χ2v) is 4.40. The highest BCUT2D eigenvalue weighted by Gasteiger charge is 2.01. The maximum absolute atomic E-state index is 4.18. The lowest BCUT2D eigenvalue weighted by Gasteiger charge is -1.98. The summed E-state index contributed by atoms with van der Waals surface area (Å²) in [5.41, 5.74) is 0. The number of nitrogens with zero attached hydrogens (tertiary/aromatic N) is 2. The van der Waals surface area contributed by atoms with Crippen LogP contribution in [0.25, 0.3) is 0 Å². The van der Waals surface area contributed by atoms with Crippen LogP contribution in [-0.4, -0.2) is 15.4 Å². The van der Waals surface area contributed by atoms with Crippen LogP contribution in [-0.2, 0) is 6.42 Å². The van der Waals surface area contributed by atoms with E-state index in [4.69, 9.17) is 0 Å². The van der Waals surface area contributed by atoms with Gasteiger partial charge in [0.2, 0.25) is 0 Å². The van der Waals surface area contributed by atoms with Gasteiger partial charge in [-0.25, -0.2) is 0 Å². The van der Waals surface area contributed by atoms with Crippen LogP contribution in [0.4, 0.5) is 0 Å². The smallest absolute Gasteiger partial charge is 0.117 e. The molecule has 0 aromatic carbocycles. The van der Waals surface area contributed by atoms with E-state index in [1.54, 1.807) is 11.3 Å². The van der Waals surface area contributed by atoms with Crippen LogP contribution >= 0.6 is 24.0 Å². The summed E-state index contributed by atoms with van der Waals surface area (Å²) in [5.74, 6) is 0. The predicted octanol–water partition coefficient (Wildman–Crippen LogP) is 1.91. The molecule has 0 saturated heterocycles. The maximum Gasteiger partial charge on any atom is 0.117 e. The van der Waals surface area contributed by atoms with Crippen molar-refractivity contribution in [2.75, 3.05) is 0 Å². The fraction of sp³-hybridized carbons (Fsp3) is 0.571. The lowest BCUT2D eigenvalue weighted by atomic mass is 10.2. The molecule has 0 amide bonds. The van der Waals surface area contributed by atoms with Gasteiger partial charge in [-0.05, 0) is 20.3 Å². The molecule has 0 aliphatic heterocycles. The lowest BCUT2D eigenvalue weighted by Crippen LogP contribution is -1.94. The van der Waals surface area contributed by atoms with Crippen molar-refractivity contribution in [2.45, 2.75) is 25.0 Å². The van der Waals surface area contributed by atoms with Crippen molar-refractivity contribution in [3.63, 3.8) is 0 Å². The minimum atomic E-state index is 0.208. The zero-order valence-electron chi connectivity index (χ0n) is 6.45. The molecule has 0 spiro atoms. The zero-order valence-corrected chi connectivity index (χ0v) is 8.16. The largest absolute Gasteiger partial charge is 0.176 e. The van der Waals surface area contributed by atoms with Gasteiger partial charge in [0.15, 0.2) is 0 Å². The van der Waals surface area contributed by atoms with Crippen LogP contribution in [0.3, 0.4) is 0 Å². The Hall–Kier alpha value is -0.0900. The highest BCUT2D eigenvalue weighted by atomic mass is 32.1. The minimum Gasteiger partial charge on any atom is -0.176 e. The quantitative estimate of drug-likeness (QED) is 0.731. The van der Waals surface area contributed by atoms with Crippen LogP contribution in [0.2, 0.25) is 0 Å². The second kappa shape index (κ2) is 4.07. The molecular formula is C7H11N2S2. The average molecular weight is 187 g/mol. The Kier molecular flexibility index (Phi) is 3.33. The Labute approximate surface area is 76.5 Å². The summed E-state index contributed by atoms with van der Waals surface area (Å²) >= 11 is 5.83. The van der Waals surface area contributed by atoms with Crippen LogP contribution in [0, 0.1) is 13.8 Å². The highest BCUT2D eigenvalue weighted by molar-refractivity contribution is 7.81. The third-order valence-electron chi connectivity index (χ3n) is 1.26. The predicted molar refractivity (Wildman–Crippen MR) is 51.1 cm³/mol. The Balaban J connectivity index is 2.39. The molecule has 1 heterocycles. The number of aryl methyl sites for hydroxylation is 2. The molecule has 0 bridgehead atoms. The van der Waals surface area contributed by atoms with Crippen molar-refractivity contribution < 1.29 is 0 Å². The minimum absolute atomic E-state index is 0.208. The second-order valence-electron chi connectivity index (χ2n) is 2.41. The zero-order chi connectivity index (χ0) is 8.27. The number of hydrogen-bond acceptors (Lipinski definition) is 4. The Bertz CT molecular complexity index is 220. The molecule has 0 aliphatic rings. The van der Waals surface area contributed by atoms with Gasteiger partial charge in [0.1, 0.15) is 10.0 Å². The molecule has 1 atom stereocenters. The third kappa shape index (κ3) is 3.20. The molecule has 0 fully saturated rings. The summed E-state index contributed by atoms with van der Waals surface area (Å²) in [6.45, 7) is 5.74.